The predicted molar refractivity (Wildman–Crippen MR) is 123 cm³/mol. The Labute approximate surface area is 185 Å². The van der Waals surface area contributed by atoms with Crippen LogP contribution in [0.5, 0.6) is 5.75 Å². The lowest BCUT2D eigenvalue weighted by Gasteiger charge is -2.17. The molecule has 9 nitrogen and oxygen atoms in total. The molecule has 1 saturated heterocycles. The maximum Gasteiger partial charge on any atom is 0.147 e. The van der Waals surface area contributed by atoms with Crippen molar-refractivity contribution in [2.24, 2.45) is 5.92 Å². The van der Waals surface area contributed by atoms with E-state index >= 15 is 0 Å². The van der Waals surface area contributed by atoms with Crippen molar-refractivity contribution in [3.8, 4) is 18.1 Å². The van der Waals surface area contributed by atoms with Crippen LogP contribution in [-0.4, -0.2) is 44.4 Å². The number of nitrogen functional groups attached to an aromatic ring is 2. The molecule has 5 N–H and O–H groups in total. The topological polar surface area (TPSA) is 134 Å². The van der Waals surface area contributed by atoms with Crippen LogP contribution in [0.2, 0.25) is 0 Å². The number of aliphatic hydroxyl groups excluding tert-OH is 1. The highest BCUT2D eigenvalue weighted by Crippen LogP contribution is 2.36. The van der Waals surface area contributed by atoms with Crippen LogP contribution in [0.25, 0.3) is 21.9 Å². The first-order valence-corrected chi connectivity index (χ1v) is 10.0. The van der Waals surface area contributed by atoms with Crippen LogP contribution in [0, 0.1) is 18.3 Å². The van der Waals surface area contributed by atoms with Crippen molar-refractivity contribution in [2.75, 3.05) is 25.2 Å². The quantitative estimate of drug-likeness (QED) is 0.419. The summed E-state index contributed by atoms with van der Waals surface area (Å²) in [4.78, 5) is 12.7. The van der Waals surface area contributed by atoms with E-state index in [-0.39, 0.29) is 18.2 Å². The number of terminal acetylenes is 1. The molecule has 9 heteroatoms. The van der Waals surface area contributed by atoms with Crippen LogP contribution < -0.4 is 16.2 Å². The number of nitrogens with two attached hydrogens (primary N) is 2. The van der Waals surface area contributed by atoms with Crippen molar-refractivity contribution in [1.29, 1.82) is 0 Å². The van der Waals surface area contributed by atoms with Gasteiger partial charge < -0.3 is 30.6 Å². The molecule has 4 heterocycles. The number of nitrogens with zero attached hydrogens (tertiary/aromatic N) is 4. The van der Waals surface area contributed by atoms with Gasteiger partial charge in [-0.05, 0) is 30.3 Å². The van der Waals surface area contributed by atoms with Crippen molar-refractivity contribution in [2.45, 2.75) is 18.8 Å². The van der Waals surface area contributed by atoms with Crippen LogP contribution in [0.1, 0.15) is 12.6 Å². The molecule has 1 fully saturated rings. The lowest BCUT2D eigenvalue weighted by atomic mass is 10.0. The minimum atomic E-state index is -0.249. The maximum absolute atomic E-state index is 7.00. The van der Waals surface area contributed by atoms with Gasteiger partial charge in [0.25, 0.3) is 0 Å². The average Bonchev–Trinajstić information content (AvgIpc) is 3.43. The molecule has 0 radical (unpaired) electrons. The third-order valence-corrected chi connectivity index (χ3v) is 5.40. The first-order valence-electron chi connectivity index (χ1n) is 10.0. The fourth-order valence-corrected chi connectivity index (χ4v) is 3.83. The Morgan fingerprint density at radius 3 is 2.84 bits per heavy atom. The highest BCUT2D eigenvalue weighted by Gasteiger charge is 2.36. The molecular formula is C23H24N6O3. The first kappa shape index (κ1) is 21.4. The van der Waals surface area contributed by atoms with Gasteiger partial charge in [-0.3, -0.25) is 0 Å². The summed E-state index contributed by atoms with van der Waals surface area (Å²) < 4.78 is 14.2. The summed E-state index contributed by atoms with van der Waals surface area (Å²) in [5.74, 6) is 4.35. The number of ether oxygens (including phenoxy) is 2. The Morgan fingerprint density at radius 1 is 1.22 bits per heavy atom. The van der Waals surface area contributed by atoms with E-state index in [1.165, 1.54) is 6.33 Å². The number of fused-ring (bicyclic) bond motifs is 2. The van der Waals surface area contributed by atoms with Gasteiger partial charge in [-0.2, -0.15) is 0 Å². The van der Waals surface area contributed by atoms with Crippen LogP contribution in [0.15, 0.2) is 48.9 Å². The molecule has 0 bridgehead atoms. The van der Waals surface area contributed by atoms with Gasteiger partial charge in [0, 0.05) is 31.2 Å². The van der Waals surface area contributed by atoms with E-state index in [0.29, 0.717) is 30.4 Å². The molecule has 2 unspecified atom stereocenters. The largest absolute Gasteiger partial charge is 0.491 e. The molecule has 1 aliphatic rings. The molecule has 0 amide bonds. The molecule has 32 heavy (non-hydrogen) atoms. The molecule has 1 aliphatic heterocycles. The van der Waals surface area contributed by atoms with Crippen LogP contribution in [0.3, 0.4) is 0 Å². The van der Waals surface area contributed by atoms with E-state index < -0.39 is 0 Å². The third-order valence-electron chi connectivity index (χ3n) is 5.40. The van der Waals surface area contributed by atoms with Gasteiger partial charge >= 0.3 is 0 Å². The van der Waals surface area contributed by atoms with Gasteiger partial charge in [-0.15, -0.1) is 12.3 Å². The Kier molecular flexibility index (Phi) is 6.07. The SMILES string of the molecule is C#C[C@@H]1CC(n2ccc3c(N)ncnc32)OC1COc1ccc2ccc(N)nc2c1.CO. The number of hydrogen-bond donors (Lipinski definition) is 3. The van der Waals surface area contributed by atoms with Gasteiger partial charge in [0.2, 0.25) is 0 Å². The third kappa shape index (κ3) is 4.01. The highest BCUT2D eigenvalue weighted by atomic mass is 16.6. The molecular weight excluding hydrogens is 408 g/mol. The second-order valence-corrected chi connectivity index (χ2v) is 7.26. The van der Waals surface area contributed by atoms with E-state index in [9.17, 15) is 0 Å². The van der Waals surface area contributed by atoms with Crippen molar-refractivity contribution in [3.05, 3.63) is 48.9 Å². The second-order valence-electron chi connectivity index (χ2n) is 7.26. The van der Waals surface area contributed by atoms with Gasteiger partial charge in [0.15, 0.2) is 0 Å². The molecule has 0 aliphatic carbocycles. The van der Waals surface area contributed by atoms with E-state index in [4.69, 9.17) is 32.5 Å². The normalized spacial score (nSPS) is 20.0. The number of hydrogen-bond acceptors (Lipinski definition) is 8. The summed E-state index contributed by atoms with van der Waals surface area (Å²) in [7, 11) is 1.00. The van der Waals surface area contributed by atoms with Crippen molar-refractivity contribution < 1.29 is 14.6 Å². The van der Waals surface area contributed by atoms with Gasteiger partial charge in [-0.1, -0.05) is 0 Å². The molecule has 3 atom stereocenters. The number of pyridine rings is 1. The van der Waals surface area contributed by atoms with Gasteiger partial charge in [-0.25, -0.2) is 15.0 Å². The fraction of sp³-hybridized carbons (Fsp3) is 0.261. The number of benzene rings is 1. The Bertz CT molecular complexity index is 1280. The minimum absolute atomic E-state index is 0.0825. The van der Waals surface area contributed by atoms with E-state index in [1.54, 1.807) is 6.07 Å². The number of aromatic nitrogens is 4. The highest BCUT2D eigenvalue weighted by molar-refractivity contribution is 5.86. The van der Waals surface area contributed by atoms with E-state index in [0.717, 1.165) is 29.0 Å². The molecule has 5 rings (SSSR count). The van der Waals surface area contributed by atoms with Crippen molar-refractivity contribution in [3.63, 3.8) is 0 Å². The molecule has 4 aromatic rings. The lowest BCUT2D eigenvalue weighted by molar-refractivity contribution is -0.0199. The first-order chi connectivity index (χ1) is 15.6. The van der Waals surface area contributed by atoms with Crippen molar-refractivity contribution >= 4 is 33.6 Å². The molecule has 164 valence electrons. The summed E-state index contributed by atoms with van der Waals surface area (Å²) in [6.07, 6.45) is 9.28. The average molecular weight is 432 g/mol. The number of anilines is 2. The standard InChI is InChI=1S/C22H20N6O2.CH4O/c1-2-13-9-20(28-8-7-16-21(24)25-12-26-22(16)28)30-18(13)11-29-15-5-3-14-4-6-19(23)27-17(14)10-15;1-2/h1,3-8,10,12-13,18,20H,9,11H2,(H2,23,27)(H2,24,25,26);2H,1H3/t13-,18?,20?;/m1./s1. The second kappa shape index (κ2) is 9.09. The number of rotatable bonds is 4. The van der Waals surface area contributed by atoms with Crippen LogP contribution in [-0.2, 0) is 4.74 Å². The van der Waals surface area contributed by atoms with Crippen LogP contribution in [0.4, 0.5) is 11.6 Å². The summed E-state index contributed by atoms with van der Waals surface area (Å²) in [6.45, 7) is 0.329. The molecule has 0 saturated carbocycles. The smallest absolute Gasteiger partial charge is 0.147 e. The lowest BCUT2D eigenvalue weighted by Crippen LogP contribution is -2.23. The molecule has 0 spiro atoms. The Hall–Kier alpha value is -3.87. The zero-order valence-corrected chi connectivity index (χ0v) is 17.5. The summed E-state index contributed by atoms with van der Waals surface area (Å²) >= 11 is 0. The monoisotopic (exact) mass is 432 g/mol. The molecule has 3 aromatic heterocycles. The van der Waals surface area contributed by atoms with Gasteiger partial charge in [0.1, 0.15) is 48.3 Å². The minimum Gasteiger partial charge on any atom is -0.491 e. The summed E-state index contributed by atoms with van der Waals surface area (Å²) in [5.41, 5.74) is 13.2. The zero-order valence-electron chi connectivity index (χ0n) is 17.5. The number of aliphatic hydroxyl groups is 1. The summed E-state index contributed by atoms with van der Waals surface area (Å²) in [5, 5.41) is 8.79. The maximum atomic E-state index is 7.00. The van der Waals surface area contributed by atoms with Crippen LogP contribution >= 0.6 is 0 Å². The van der Waals surface area contributed by atoms with Crippen molar-refractivity contribution in [1.82, 2.24) is 19.5 Å². The predicted octanol–water partition coefficient (Wildman–Crippen LogP) is 2.37. The van der Waals surface area contributed by atoms with E-state index in [1.807, 2.05) is 41.1 Å². The Morgan fingerprint density at radius 2 is 2.03 bits per heavy atom. The molecule has 1 aromatic carbocycles. The fourth-order valence-electron chi connectivity index (χ4n) is 3.83. The summed E-state index contributed by atoms with van der Waals surface area (Å²) in [6, 6.07) is 11.3. The van der Waals surface area contributed by atoms with Gasteiger partial charge in [0.05, 0.1) is 16.8 Å². The Balaban J connectivity index is 0.00000119. The zero-order chi connectivity index (χ0) is 22.7. The van der Waals surface area contributed by atoms with E-state index in [2.05, 4.69) is 20.9 Å².